The Hall–Kier alpha value is -1.86. The summed E-state index contributed by atoms with van der Waals surface area (Å²) >= 11 is 5.87. The molecular weight excluding hydrogens is 308 g/mol. The fourth-order valence-electron chi connectivity index (χ4n) is 2.66. The molecule has 0 aromatic carbocycles. The quantitative estimate of drug-likeness (QED) is 0.856. The van der Waals surface area contributed by atoms with Crippen molar-refractivity contribution in [3.05, 3.63) is 34.8 Å². The molecule has 2 aromatic rings. The molecule has 1 atom stereocenters. The molecular formula is C14H17ClN4O3. The average Bonchev–Trinajstić information content (AvgIpc) is 3.19. The summed E-state index contributed by atoms with van der Waals surface area (Å²) in [6, 6.07) is 1.86. The number of hydrogen-bond acceptors (Lipinski definition) is 6. The zero-order valence-electron chi connectivity index (χ0n) is 12.5. The molecule has 2 aromatic heterocycles. The lowest BCUT2D eigenvalue weighted by Crippen LogP contribution is -2.36. The number of halogens is 1. The van der Waals surface area contributed by atoms with Crippen LogP contribution in [0, 0.1) is 6.92 Å². The van der Waals surface area contributed by atoms with Crippen LogP contribution in [0.2, 0.25) is 5.22 Å². The van der Waals surface area contributed by atoms with Gasteiger partial charge in [0.1, 0.15) is 0 Å². The van der Waals surface area contributed by atoms with Crippen molar-refractivity contribution in [2.45, 2.75) is 25.9 Å². The molecule has 3 heterocycles. The van der Waals surface area contributed by atoms with Gasteiger partial charge in [-0.15, -0.1) is 0 Å². The first-order valence-electron chi connectivity index (χ1n) is 7.06. The van der Waals surface area contributed by atoms with E-state index in [2.05, 4.69) is 15.0 Å². The number of nitrogens with zero attached hydrogens (tertiary/aromatic N) is 4. The third kappa shape index (κ3) is 3.00. The summed E-state index contributed by atoms with van der Waals surface area (Å²) in [5, 5.41) is 4.04. The Morgan fingerprint density at radius 1 is 1.59 bits per heavy atom. The monoisotopic (exact) mass is 324 g/mol. The maximum Gasteiger partial charge on any atom is 0.258 e. The standard InChI is InChI=1S/C14H17ClN4O3/c1-9-16-12(17-22-9)8-18(2)10-3-5-19(7-10)14(20)11-4-6-21-13(11)15/h4,6,10H,3,5,7-8H2,1-2H3. The van der Waals surface area contributed by atoms with Crippen molar-refractivity contribution >= 4 is 17.5 Å². The summed E-state index contributed by atoms with van der Waals surface area (Å²) in [7, 11) is 2.00. The number of rotatable bonds is 4. The molecule has 0 spiro atoms. The molecule has 0 radical (unpaired) electrons. The van der Waals surface area contributed by atoms with E-state index < -0.39 is 0 Å². The van der Waals surface area contributed by atoms with E-state index in [1.54, 1.807) is 17.9 Å². The molecule has 0 saturated carbocycles. The summed E-state index contributed by atoms with van der Waals surface area (Å²) in [5.41, 5.74) is 0.416. The number of furan rings is 1. The topological polar surface area (TPSA) is 75.6 Å². The van der Waals surface area contributed by atoms with Crippen LogP contribution in [0.5, 0.6) is 0 Å². The molecule has 7 nitrogen and oxygen atoms in total. The molecule has 8 heteroatoms. The predicted octanol–water partition coefficient (Wildman–Crippen LogP) is 1.97. The summed E-state index contributed by atoms with van der Waals surface area (Å²) in [5.74, 6) is 1.12. The van der Waals surface area contributed by atoms with Crippen LogP contribution in [0.25, 0.3) is 0 Å². The maximum absolute atomic E-state index is 12.4. The molecule has 0 bridgehead atoms. The number of aryl methyl sites for hydroxylation is 1. The lowest BCUT2D eigenvalue weighted by atomic mass is 10.2. The highest BCUT2D eigenvalue weighted by molar-refractivity contribution is 6.32. The Kier molecular flexibility index (Phi) is 4.17. The zero-order valence-corrected chi connectivity index (χ0v) is 13.2. The third-order valence-corrected chi connectivity index (χ3v) is 4.18. The first-order valence-corrected chi connectivity index (χ1v) is 7.44. The Labute approximate surface area is 132 Å². The van der Waals surface area contributed by atoms with E-state index in [4.69, 9.17) is 20.5 Å². The second-order valence-electron chi connectivity index (χ2n) is 5.45. The smallest absolute Gasteiger partial charge is 0.258 e. The maximum atomic E-state index is 12.4. The van der Waals surface area contributed by atoms with Gasteiger partial charge in [0, 0.05) is 26.1 Å². The first-order chi connectivity index (χ1) is 10.5. The van der Waals surface area contributed by atoms with E-state index in [0.717, 1.165) is 6.42 Å². The van der Waals surface area contributed by atoms with Crippen molar-refractivity contribution in [2.75, 3.05) is 20.1 Å². The summed E-state index contributed by atoms with van der Waals surface area (Å²) in [6.07, 6.45) is 2.32. The molecule has 1 saturated heterocycles. The normalized spacial score (nSPS) is 18.4. The van der Waals surface area contributed by atoms with E-state index in [0.29, 0.717) is 36.9 Å². The van der Waals surface area contributed by atoms with Crippen molar-refractivity contribution in [1.82, 2.24) is 19.9 Å². The van der Waals surface area contributed by atoms with Crippen LogP contribution < -0.4 is 0 Å². The number of carbonyl (C=O) groups excluding carboxylic acids is 1. The number of carbonyl (C=O) groups is 1. The lowest BCUT2D eigenvalue weighted by molar-refractivity contribution is 0.0778. The number of likely N-dealkylation sites (N-methyl/N-ethyl adjacent to an activating group) is 1. The fourth-order valence-corrected chi connectivity index (χ4v) is 2.86. The number of likely N-dealkylation sites (tertiary alicyclic amines) is 1. The molecule has 1 fully saturated rings. The van der Waals surface area contributed by atoms with Gasteiger partial charge in [-0.3, -0.25) is 9.69 Å². The first kappa shape index (κ1) is 15.1. The van der Waals surface area contributed by atoms with Gasteiger partial charge in [-0.2, -0.15) is 4.98 Å². The van der Waals surface area contributed by atoms with Crippen LogP contribution in [-0.2, 0) is 6.54 Å². The largest absolute Gasteiger partial charge is 0.452 e. The third-order valence-electron chi connectivity index (χ3n) is 3.88. The van der Waals surface area contributed by atoms with E-state index >= 15 is 0 Å². The van der Waals surface area contributed by atoms with Crippen molar-refractivity contribution in [2.24, 2.45) is 0 Å². The van der Waals surface area contributed by atoms with E-state index in [1.165, 1.54) is 6.26 Å². The molecule has 1 amide bonds. The van der Waals surface area contributed by atoms with Crippen LogP contribution in [0.15, 0.2) is 21.3 Å². The van der Waals surface area contributed by atoms with Gasteiger partial charge in [0.2, 0.25) is 11.1 Å². The van der Waals surface area contributed by atoms with Gasteiger partial charge in [-0.05, 0) is 31.1 Å². The Balaban J connectivity index is 1.60. The Morgan fingerprint density at radius 2 is 2.41 bits per heavy atom. The summed E-state index contributed by atoms with van der Waals surface area (Å²) in [4.78, 5) is 20.5. The van der Waals surface area contributed by atoms with Crippen LogP contribution in [0.1, 0.15) is 28.5 Å². The molecule has 0 aliphatic carbocycles. The Morgan fingerprint density at radius 3 is 3.05 bits per heavy atom. The second-order valence-corrected chi connectivity index (χ2v) is 5.79. The molecule has 1 aliphatic heterocycles. The number of hydrogen-bond donors (Lipinski definition) is 0. The van der Waals surface area contributed by atoms with E-state index in [-0.39, 0.29) is 17.2 Å². The fraction of sp³-hybridized carbons (Fsp3) is 0.500. The van der Waals surface area contributed by atoms with Gasteiger partial charge in [0.15, 0.2) is 5.82 Å². The highest BCUT2D eigenvalue weighted by Crippen LogP contribution is 2.23. The second kappa shape index (κ2) is 6.10. The van der Waals surface area contributed by atoms with Crippen LogP contribution in [0.3, 0.4) is 0 Å². The minimum absolute atomic E-state index is 0.0925. The molecule has 1 aliphatic rings. The van der Waals surface area contributed by atoms with Gasteiger partial charge < -0.3 is 13.8 Å². The predicted molar refractivity (Wildman–Crippen MR) is 78.5 cm³/mol. The van der Waals surface area contributed by atoms with Crippen LogP contribution in [0.4, 0.5) is 0 Å². The lowest BCUT2D eigenvalue weighted by Gasteiger charge is -2.23. The van der Waals surface area contributed by atoms with Crippen molar-refractivity contribution in [3.8, 4) is 0 Å². The Bertz CT molecular complexity index is 669. The van der Waals surface area contributed by atoms with Crippen LogP contribution in [-0.4, -0.2) is 52.0 Å². The van der Waals surface area contributed by atoms with Crippen molar-refractivity contribution in [3.63, 3.8) is 0 Å². The SMILES string of the molecule is Cc1nc(CN(C)C2CCN(C(=O)c3ccoc3Cl)C2)no1. The van der Waals surface area contributed by atoms with E-state index in [1.807, 2.05) is 7.05 Å². The van der Waals surface area contributed by atoms with Crippen LogP contribution >= 0.6 is 11.6 Å². The van der Waals surface area contributed by atoms with Gasteiger partial charge >= 0.3 is 0 Å². The van der Waals surface area contributed by atoms with Crippen molar-refractivity contribution in [1.29, 1.82) is 0 Å². The van der Waals surface area contributed by atoms with Gasteiger partial charge in [-0.25, -0.2) is 0 Å². The van der Waals surface area contributed by atoms with Gasteiger partial charge in [0.05, 0.1) is 18.4 Å². The molecule has 1 unspecified atom stereocenters. The average molecular weight is 325 g/mol. The number of amides is 1. The van der Waals surface area contributed by atoms with E-state index in [9.17, 15) is 4.79 Å². The number of aromatic nitrogens is 2. The minimum Gasteiger partial charge on any atom is -0.452 e. The molecule has 22 heavy (non-hydrogen) atoms. The molecule has 118 valence electrons. The van der Waals surface area contributed by atoms with Crippen molar-refractivity contribution < 1.29 is 13.7 Å². The molecule has 0 N–H and O–H groups in total. The van der Waals surface area contributed by atoms with Gasteiger partial charge in [0.25, 0.3) is 5.91 Å². The highest BCUT2D eigenvalue weighted by atomic mass is 35.5. The summed E-state index contributed by atoms with van der Waals surface area (Å²) < 4.78 is 9.95. The summed E-state index contributed by atoms with van der Waals surface area (Å²) in [6.45, 7) is 3.70. The minimum atomic E-state index is -0.0925. The zero-order chi connectivity index (χ0) is 15.7. The van der Waals surface area contributed by atoms with Gasteiger partial charge in [-0.1, -0.05) is 5.16 Å². The molecule has 3 rings (SSSR count). The highest BCUT2D eigenvalue weighted by Gasteiger charge is 2.31.